The zero-order chi connectivity index (χ0) is 12.8. The van der Waals surface area contributed by atoms with Crippen molar-refractivity contribution in [2.75, 3.05) is 26.0 Å². The molecule has 17 heavy (non-hydrogen) atoms. The van der Waals surface area contributed by atoms with Crippen molar-refractivity contribution in [1.29, 1.82) is 0 Å². The van der Waals surface area contributed by atoms with E-state index in [1.807, 2.05) is 38.3 Å². The van der Waals surface area contributed by atoms with Crippen LogP contribution in [-0.4, -0.2) is 41.9 Å². The maximum Gasteiger partial charge on any atom is 0.254 e. The van der Waals surface area contributed by atoms with E-state index in [0.717, 1.165) is 16.0 Å². The summed E-state index contributed by atoms with van der Waals surface area (Å²) in [7, 11) is 0. The van der Waals surface area contributed by atoms with Crippen LogP contribution in [0.1, 0.15) is 22.8 Å². The highest BCUT2D eigenvalue weighted by atomic mass is 32.2. The SMILES string of the molecule is CCN(CCO)C(=O)c1cc(SC)ccc1C. The van der Waals surface area contributed by atoms with Crippen LogP contribution in [0.2, 0.25) is 0 Å². The summed E-state index contributed by atoms with van der Waals surface area (Å²) in [6.07, 6.45) is 1.99. The van der Waals surface area contributed by atoms with Crippen LogP contribution in [0.15, 0.2) is 23.1 Å². The number of aryl methyl sites for hydroxylation is 1. The lowest BCUT2D eigenvalue weighted by atomic mass is 10.1. The van der Waals surface area contributed by atoms with Crippen LogP contribution >= 0.6 is 11.8 Å². The molecule has 4 heteroatoms. The Balaban J connectivity index is 3.01. The first-order valence-corrected chi connectivity index (χ1v) is 6.91. The van der Waals surface area contributed by atoms with Crippen LogP contribution in [0.4, 0.5) is 0 Å². The molecule has 0 aromatic heterocycles. The monoisotopic (exact) mass is 253 g/mol. The molecule has 1 aromatic rings. The predicted octanol–water partition coefficient (Wildman–Crippen LogP) is 2.17. The summed E-state index contributed by atoms with van der Waals surface area (Å²) in [6.45, 7) is 4.85. The number of amides is 1. The summed E-state index contributed by atoms with van der Waals surface area (Å²) in [6, 6.07) is 5.90. The average molecular weight is 253 g/mol. The fraction of sp³-hybridized carbons (Fsp3) is 0.462. The first-order valence-electron chi connectivity index (χ1n) is 5.68. The van der Waals surface area contributed by atoms with E-state index in [0.29, 0.717) is 13.1 Å². The van der Waals surface area contributed by atoms with Gasteiger partial charge in [-0.1, -0.05) is 6.07 Å². The van der Waals surface area contributed by atoms with Gasteiger partial charge in [0.25, 0.3) is 5.91 Å². The summed E-state index contributed by atoms with van der Waals surface area (Å²) in [5.41, 5.74) is 1.70. The molecular formula is C13H19NO2S. The zero-order valence-corrected chi connectivity index (χ0v) is 11.4. The fourth-order valence-electron chi connectivity index (χ4n) is 1.65. The first-order chi connectivity index (χ1) is 8.13. The van der Waals surface area contributed by atoms with Gasteiger partial charge in [-0.15, -0.1) is 11.8 Å². The van der Waals surface area contributed by atoms with Gasteiger partial charge in [-0.3, -0.25) is 4.79 Å². The molecule has 0 heterocycles. The summed E-state index contributed by atoms with van der Waals surface area (Å²) in [4.78, 5) is 15.0. The Bertz CT molecular complexity index is 393. The molecule has 0 fully saturated rings. The highest BCUT2D eigenvalue weighted by Gasteiger charge is 2.16. The summed E-state index contributed by atoms with van der Waals surface area (Å²) in [5.74, 6) is -0.00468. The van der Waals surface area contributed by atoms with Crippen LogP contribution in [-0.2, 0) is 0 Å². The quantitative estimate of drug-likeness (QED) is 0.818. The molecular weight excluding hydrogens is 234 g/mol. The third-order valence-electron chi connectivity index (χ3n) is 2.71. The van der Waals surface area contributed by atoms with E-state index in [1.165, 1.54) is 0 Å². The van der Waals surface area contributed by atoms with Crippen molar-refractivity contribution in [2.24, 2.45) is 0 Å². The minimum absolute atomic E-state index is 0.000839. The van der Waals surface area contributed by atoms with Crippen molar-refractivity contribution < 1.29 is 9.90 Å². The number of thioether (sulfide) groups is 1. The van der Waals surface area contributed by atoms with Gasteiger partial charge in [0.15, 0.2) is 0 Å². The van der Waals surface area contributed by atoms with E-state index in [1.54, 1.807) is 16.7 Å². The molecule has 0 bridgehead atoms. The first kappa shape index (κ1) is 14.1. The molecule has 0 radical (unpaired) electrons. The zero-order valence-electron chi connectivity index (χ0n) is 10.6. The molecule has 0 spiro atoms. The molecule has 1 N–H and O–H groups in total. The summed E-state index contributed by atoms with van der Waals surface area (Å²) < 4.78 is 0. The van der Waals surface area contributed by atoms with Gasteiger partial charge in [0.1, 0.15) is 0 Å². The number of nitrogens with zero attached hydrogens (tertiary/aromatic N) is 1. The Morgan fingerprint density at radius 2 is 2.18 bits per heavy atom. The molecule has 3 nitrogen and oxygen atoms in total. The Hall–Kier alpha value is -1.00. The van der Waals surface area contributed by atoms with Gasteiger partial charge in [-0.05, 0) is 37.8 Å². The molecule has 94 valence electrons. The van der Waals surface area contributed by atoms with Crippen molar-refractivity contribution >= 4 is 17.7 Å². The molecule has 1 aromatic carbocycles. The van der Waals surface area contributed by atoms with Gasteiger partial charge in [-0.25, -0.2) is 0 Å². The lowest BCUT2D eigenvalue weighted by Gasteiger charge is -2.21. The van der Waals surface area contributed by atoms with Crippen molar-refractivity contribution in [3.8, 4) is 0 Å². The smallest absolute Gasteiger partial charge is 0.254 e. The molecule has 0 atom stereocenters. The second-order valence-electron chi connectivity index (χ2n) is 3.79. The molecule has 1 rings (SSSR count). The number of carbonyl (C=O) groups excluding carboxylic acids is 1. The van der Waals surface area contributed by atoms with E-state index < -0.39 is 0 Å². The van der Waals surface area contributed by atoms with Crippen molar-refractivity contribution in [3.63, 3.8) is 0 Å². The highest BCUT2D eigenvalue weighted by molar-refractivity contribution is 7.98. The second kappa shape index (κ2) is 6.67. The van der Waals surface area contributed by atoms with Crippen molar-refractivity contribution in [1.82, 2.24) is 4.90 Å². The third kappa shape index (κ3) is 3.48. The van der Waals surface area contributed by atoms with Gasteiger partial charge in [0.2, 0.25) is 0 Å². The Kier molecular flexibility index (Phi) is 5.51. The lowest BCUT2D eigenvalue weighted by Crippen LogP contribution is -2.33. The third-order valence-corrected chi connectivity index (χ3v) is 3.44. The molecule has 0 saturated heterocycles. The average Bonchev–Trinajstić information content (AvgIpc) is 2.35. The van der Waals surface area contributed by atoms with E-state index in [-0.39, 0.29) is 12.5 Å². The lowest BCUT2D eigenvalue weighted by molar-refractivity contribution is 0.0731. The van der Waals surface area contributed by atoms with Crippen molar-refractivity contribution in [2.45, 2.75) is 18.7 Å². The molecule has 0 aliphatic heterocycles. The molecule has 0 unspecified atom stereocenters. The Labute approximate surface area is 107 Å². The number of rotatable bonds is 5. The summed E-state index contributed by atoms with van der Waals surface area (Å²) in [5, 5.41) is 8.94. The number of aliphatic hydroxyl groups excluding tert-OH is 1. The fourth-order valence-corrected chi connectivity index (χ4v) is 2.09. The number of benzene rings is 1. The van der Waals surface area contributed by atoms with E-state index >= 15 is 0 Å². The van der Waals surface area contributed by atoms with E-state index in [2.05, 4.69) is 0 Å². The van der Waals surface area contributed by atoms with Gasteiger partial charge in [0.05, 0.1) is 6.61 Å². The number of likely N-dealkylation sites (N-methyl/N-ethyl adjacent to an activating group) is 1. The van der Waals surface area contributed by atoms with E-state index in [4.69, 9.17) is 5.11 Å². The van der Waals surface area contributed by atoms with E-state index in [9.17, 15) is 4.79 Å². The Morgan fingerprint density at radius 3 is 2.71 bits per heavy atom. The van der Waals surface area contributed by atoms with Crippen LogP contribution in [0, 0.1) is 6.92 Å². The second-order valence-corrected chi connectivity index (χ2v) is 4.67. The maximum atomic E-state index is 12.3. The number of hydrogen-bond acceptors (Lipinski definition) is 3. The molecule has 0 aliphatic carbocycles. The number of hydrogen-bond donors (Lipinski definition) is 1. The maximum absolute atomic E-state index is 12.3. The van der Waals surface area contributed by atoms with Gasteiger partial charge in [-0.2, -0.15) is 0 Å². The van der Waals surface area contributed by atoms with Crippen LogP contribution in [0.25, 0.3) is 0 Å². The van der Waals surface area contributed by atoms with Crippen LogP contribution in [0.5, 0.6) is 0 Å². The summed E-state index contributed by atoms with van der Waals surface area (Å²) >= 11 is 1.62. The Morgan fingerprint density at radius 1 is 1.47 bits per heavy atom. The van der Waals surface area contributed by atoms with Crippen LogP contribution < -0.4 is 0 Å². The van der Waals surface area contributed by atoms with Gasteiger partial charge >= 0.3 is 0 Å². The van der Waals surface area contributed by atoms with Gasteiger partial charge < -0.3 is 10.0 Å². The molecule has 0 saturated carbocycles. The molecule has 1 amide bonds. The predicted molar refractivity (Wildman–Crippen MR) is 71.6 cm³/mol. The largest absolute Gasteiger partial charge is 0.395 e. The minimum Gasteiger partial charge on any atom is -0.395 e. The standard InChI is InChI=1S/C13H19NO2S/c1-4-14(7-8-15)13(16)12-9-11(17-3)6-5-10(12)2/h5-6,9,15H,4,7-8H2,1-3H3. The number of aliphatic hydroxyl groups is 1. The van der Waals surface area contributed by atoms with Crippen molar-refractivity contribution in [3.05, 3.63) is 29.3 Å². The number of carbonyl (C=O) groups is 1. The normalized spacial score (nSPS) is 10.4. The topological polar surface area (TPSA) is 40.5 Å². The molecule has 0 aliphatic rings. The highest BCUT2D eigenvalue weighted by Crippen LogP contribution is 2.20. The van der Waals surface area contributed by atoms with Gasteiger partial charge in [0, 0.05) is 23.5 Å². The van der Waals surface area contributed by atoms with Crippen LogP contribution in [0.3, 0.4) is 0 Å². The minimum atomic E-state index is -0.00468.